The van der Waals surface area contributed by atoms with Crippen LogP contribution in [0.5, 0.6) is 0 Å². The second-order valence-electron chi connectivity index (χ2n) is 12.8. The molecule has 0 unspecified atom stereocenters. The maximum Gasteiger partial charge on any atom is 0.0544 e. The van der Waals surface area contributed by atoms with Crippen molar-refractivity contribution in [2.45, 2.75) is 40.5 Å². The minimum Gasteiger partial charge on any atom is -0.355 e. The fourth-order valence-corrected chi connectivity index (χ4v) is 8.05. The molecule has 1 aromatic heterocycles. The molecule has 2 heteroatoms. The van der Waals surface area contributed by atoms with E-state index >= 15 is 0 Å². The summed E-state index contributed by atoms with van der Waals surface area (Å²) in [5, 5.41) is 6.68. The van der Waals surface area contributed by atoms with Crippen LogP contribution in [0.2, 0.25) is 0 Å². The van der Waals surface area contributed by atoms with Crippen LogP contribution in [0.3, 0.4) is 0 Å². The SMILES string of the molecule is Cc1cc2c(c(Nc3c(C)c(C)c(-c4cccc5c4[nH]c4ccccc45)c4c3Cc3ccccc3-4)c1C)Cc1ccccc1-2. The first-order valence-corrected chi connectivity index (χ1v) is 15.7. The van der Waals surface area contributed by atoms with Gasteiger partial charge in [-0.15, -0.1) is 0 Å². The molecule has 212 valence electrons. The molecule has 0 amide bonds. The summed E-state index contributed by atoms with van der Waals surface area (Å²) in [5.41, 5.74) is 24.0. The van der Waals surface area contributed by atoms with Gasteiger partial charge in [-0.25, -0.2) is 0 Å². The van der Waals surface area contributed by atoms with E-state index in [0.29, 0.717) is 0 Å². The van der Waals surface area contributed by atoms with E-state index in [4.69, 9.17) is 0 Å². The standard InChI is InChI=1S/C42H34N2/c1-23-20-34-29-14-7-5-12-27(29)21-35(34)40(24(23)2)44-41-26(4)25(3)38(39-30-15-8-6-13-28(30)22-36(39)41)33-18-11-17-32-31-16-9-10-19-37(31)43-42(32)33/h5-20,43-44H,21-22H2,1-4H3. The van der Waals surface area contributed by atoms with Gasteiger partial charge in [0.05, 0.1) is 5.52 Å². The molecule has 0 atom stereocenters. The van der Waals surface area contributed by atoms with Crippen LogP contribution in [0, 0.1) is 27.7 Å². The molecule has 9 rings (SSSR count). The van der Waals surface area contributed by atoms with Gasteiger partial charge in [0, 0.05) is 46.1 Å². The third kappa shape index (κ3) is 3.43. The molecule has 0 fully saturated rings. The lowest BCUT2D eigenvalue weighted by Gasteiger charge is -2.25. The number of hydrogen-bond donors (Lipinski definition) is 2. The maximum absolute atomic E-state index is 4.12. The van der Waals surface area contributed by atoms with Gasteiger partial charge in [-0.3, -0.25) is 0 Å². The highest BCUT2D eigenvalue weighted by atomic mass is 14.9. The molecule has 6 aromatic carbocycles. The fraction of sp³-hybridized carbons (Fsp3) is 0.143. The summed E-state index contributed by atoms with van der Waals surface area (Å²) in [5.74, 6) is 0. The Hall–Kier alpha value is -5.08. The van der Waals surface area contributed by atoms with Gasteiger partial charge < -0.3 is 10.3 Å². The van der Waals surface area contributed by atoms with E-state index in [0.717, 1.165) is 12.8 Å². The lowest BCUT2D eigenvalue weighted by atomic mass is 9.85. The van der Waals surface area contributed by atoms with E-state index in [1.165, 1.54) is 111 Å². The third-order valence-corrected chi connectivity index (χ3v) is 10.5. The molecule has 0 saturated carbocycles. The molecule has 2 nitrogen and oxygen atoms in total. The molecule has 0 spiro atoms. The first-order valence-electron chi connectivity index (χ1n) is 15.7. The van der Waals surface area contributed by atoms with Crippen molar-refractivity contribution < 1.29 is 0 Å². The van der Waals surface area contributed by atoms with Gasteiger partial charge in [-0.2, -0.15) is 0 Å². The van der Waals surface area contributed by atoms with Gasteiger partial charge in [-0.1, -0.05) is 91.0 Å². The van der Waals surface area contributed by atoms with Crippen LogP contribution < -0.4 is 5.32 Å². The second-order valence-corrected chi connectivity index (χ2v) is 12.8. The summed E-state index contributed by atoms with van der Waals surface area (Å²) < 4.78 is 0. The van der Waals surface area contributed by atoms with E-state index in [9.17, 15) is 0 Å². The van der Waals surface area contributed by atoms with Crippen molar-refractivity contribution in [2.75, 3.05) is 5.32 Å². The summed E-state index contributed by atoms with van der Waals surface area (Å²) in [4.78, 5) is 3.80. The van der Waals surface area contributed by atoms with Crippen molar-refractivity contribution in [1.29, 1.82) is 0 Å². The van der Waals surface area contributed by atoms with Crippen molar-refractivity contribution >= 4 is 33.2 Å². The molecule has 2 aliphatic carbocycles. The van der Waals surface area contributed by atoms with Crippen molar-refractivity contribution in [2.24, 2.45) is 0 Å². The molecule has 0 saturated heterocycles. The van der Waals surface area contributed by atoms with Crippen LogP contribution in [0.4, 0.5) is 11.4 Å². The number of hydrogen-bond acceptors (Lipinski definition) is 1. The second kappa shape index (κ2) is 9.21. The van der Waals surface area contributed by atoms with Gasteiger partial charge in [0.2, 0.25) is 0 Å². The van der Waals surface area contributed by atoms with Crippen LogP contribution >= 0.6 is 0 Å². The molecule has 2 N–H and O–H groups in total. The van der Waals surface area contributed by atoms with Crippen LogP contribution in [0.25, 0.3) is 55.2 Å². The number of fused-ring (bicyclic) bond motifs is 9. The minimum atomic E-state index is 0.928. The lowest BCUT2D eigenvalue weighted by molar-refractivity contribution is 1.20. The van der Waals surface area contributed by atoms with Crippen molar-refractivity contribution in [3.8, 4) is 33.4 Å². The maximum atomic E-state index is 4.12. The number of aryl methyl sites for hydroxylation is 1. The van der Waals surface area contributed by atoms with Gasteiger partial charge in [0.15, 0.2) is 0 Å². The molecular weight excluding hydrogens is 532 g/mol. The molecule has 0 radical (unpaired) electrons. The molecular formula is C42H34N2. The quantitative estimate of drug-likeness (QED) is 0.219. The van der Waals surface area contributed by atoms with E-state index < -0.39 is 0 Å². The Kier molecular flexibility index (Phi) is 5.32. The zero-order chi connectivity index (χ0) is 29.7. The Balaban J connectivity index is 1.31. The zero-order valence-electron chi connectivity index (χ0n) is 25.7. The first-order chi connectivity index (χ1) is 21.5. The molecule has 0 aliphatic heterocycles. The van der Waals surface area contributed by atoms with Crippen LogP contribution in [0.1, 0.15) is 44.5 Å². The van der Waals surface area contributed by atoms with E-state index in [1.807, 2.05) is 0 Å². The molecule has 1 heterocycles. The highest BCUT2D eigenvalue weighted by Gasteiger charge is 2.31. The number of anilines is 2. The van der Waals surface area contributed by atoms with Crippen molar-refractivity contribution in [3.63, 3.8) is 0 Å². The number of H-pyrrole nitrogens is 1. The van der Waals surface area contributed by atoms with E-state index in [2.05, 4.69) is 135 Å². The third-order valence-electron chi connectivity index (χ3n) is 10.5. The van der Waals surface area contributed by atoms with Crippen LogP contribution in [-0.2, 0) is 12.8 Å². The highest BCUT2D eigenvalue weighted by molar-refractivity contribution is 6.14. The highest BCUT2D eigenvalue weighted by Crippen LogP contribution is 2.52. The average Bonchev–Trinajstić information content (AvgIpc) is 3.73. The number of rotatable bonds is 3. The first kappa shape index (κ1) is 25.4. The summed E-state index contributed by atoms with van der Waals surface area (Å²) in [6, 6.07) is 35.7. The molecule has 0 bridgehead atoms. The number of aromatic amines is 1. The minimum absolute atomic E-state index is 0.928. The Labute approximate surface area is 258 Å². The number of aromatic nitrogens is 1. The van der Waals surface area contributed by atoms with Gasteiger partial charge in [0.1, 0.15) is 0 Å². The Morgan fingerprint density at radius 3 is 2.00 bits per heavy atom. The summed E-state index contributed by atoms with van der Waals surface area (Å²) in [6.07, 6.45) is 1.90. The van der Waals surface area contributed by atoms with Crippen molar-refractivity contribution in [3.05, 3.63) is 142 Å². The predicted molar refractivity (Wildman–Crippen MR) is 186 cm³/mol. The molecule has 2 aliphatic rings. The summed E-state index contributed by atoms with van der Waals surface area (Å²) in [6.45, 7) is 9.17. The van der Waals surface area contributed by atoms with E-state index in [1.54, 1.807) is 0 Å². The number of nitrogens with one attached hydrogen (secondary N) is 2. The van der Waals surface area contributed by atoms with Crippen LogP contribution in [-0.4, -0.2) is 4.98 Å². The largest absolute Gasteiger partial charge is 0.355 e. The van der Waals surface area contributed by atoms with Gasteiger partial charge in [-0.05, 0) is 106 Å². The van der Waals surface area contributed by atoms with Crippen molar-refractivity contribution in [1.82, 2.24) is 4.98 Å². The van der Waals surface area contributed by atoms with E-state index in [-0.39, 0.29) is 0 Å². The monoisotopic (exact) mass is 566 g/mol. The van der Waals surface area contributed by atoms with Gasteiger partial charge >= 0.3 is 0 Å². The molecule has 7 aromatic rings. The Bertz CT molecular complexity index is 2350. The number of benzene rings is 6. The Morgan fingerprint density at radius 2 is 1.16 bits per heavy atom. The lowest BCUT2D eigenvalue weighted by Crippen LogP contribution is -2.06. The summed E-state index contributed by atoms with van der Waals surface area (Å²) >= 11 is 0. The number of para-hydroxylation sites is 2. The zero-order valence-corrected chi connectivity index (χ0v) is 25.7. The smallest absolute Gasteiger partial charge is 0.0544 e. The summed E-state index contributed by atoms with van der Waals surface area (Å²) in [7, 11) is 0. The predicted octanol–water partition coefficient (Wildman–Crippen LogP) is 11.1. The fourth-order valence-electron chi connectivity index (χ4n) is 8.05. The average molecular weight is 567 g/mol. The van der Waals surface area contributed by atoms with Gasteiger partial charge in [0.25, 0.3) is 0 Å². The topological polar surface area (TPSA) is 27.8 Å². The normalized spacial score (nSPS) is 12.8. The Morgan fingerprint density at radius 1 is 0.523 bits per heavy atom. The van der Waals surface area contributed by atoms with Crippen LogP contribution in [0.15, 0.2) is 97.1 Å². The molecule has 44 heavy (non-hydrogen) atoms.